The van der Waals surface area contributed by atoms with Crippen molar-refractivity contribution in [3.63, 3.8) is 0 Å². The Balaban J connectivity index is 1.54. The van der Waals surface area contributed by atoms with Gasteiger partial charge in [0.2, 0.25) is 5.82 Å². The number of carboxylic acids is 1. The number of aromatic nitrogens is 4. The average molecular weight is 654 g/mol. The standard InChI is InChI=1S/C34H35N7O7/c1-6-36-28(29(20(3)35)47-18-21-10-8-7-9-11-21)33-39-31(30(48-33)34(43)44)41-25-17-37-19(2)14-24(25)27(40-41)32(42)38-16-22-12-13-23(45-4)15-26(22)46-5/h7-15,17H,6,16,18,35H2,1-5H3,(H,38,42)(H,43,44)/b29-20+,36-28?. The summed E-state index contributed by atoms with van der Waals surface area (Å²) in [5, 5.41) is 18.0. The topological polar surface area (TPSA) is 189 Å². The van der Waals surface area contributed by atoms with E-state index in [1.165, 1.54) is 18.0 Å². The largest absolute Gasteiger partial charge is 0.497 e. The molecule has 48 heavy (non-hydrogen) atoms. The van der Waals surface area contributed by atoms with E-state index in [2.05, 4.69) is 25.4 Å². The number of amides is 1. The normalized spacial score (nSPS) is 12.1. The lowest BCUT2D eigenvalue weighted by Crippen LogP contribution is -2.24. The van der Waals surface area contributed by atoms with Gasteiger partial charge in [0.05, 0.1) is 31.6 Å². The Morgan fingerprint density at radius 3 is 2.54 bits per heavy atom. The lowest BCUT2D eigenvalue weighted by Gasteiger charge is -2.13. The van der Waals surface area contributed by atoms with Crippen LogP contribution < -0.4 is 20.5 Å². The Hall–Kier alpha value is -6.18. The number of allylic oxidation sites excluding steroid dienone is 2. The van der Waals surface area contributed by atoms with Crippen LogP contribution in [0.1, 0.15) is 57.6 Å². The van der Waals surface area contributed by atoms with Gasteiger partial charge in [-0.05, 0) is 44.5 Å². The number of fused-ring (bicyclic) bond motifs is 1. The fraction of sp³-hybridized carbons (Fsp3) is 0.235. The molecule has 0 saturated heterocycles. The molecule has 0 spiro atoms. The van der Waals surface area contributed by atoms with Gasteiger partial charge in [0, 0.05) is 35.8 Å². The van der Waals surface area contributed by atoms with Gasteiger partial charge >= 0.3 is 5.97 Å². The van der Waals surface area contributed by atoms with Crippen molar-refractivity contribution in [1.82, 2.24) is 25.1 Å². The van der Waals surface area contributed by atoms with Gasteiger partial charge in [-0.1, -0.05) is 30.3 Å². The number of rotatable bonds is 13. The molecule has 0 aliphatic rings. The van der Waals surface area contributed by atoms with Crippen LogP contribution in [0.5, 0.6) is 11.5 Å². The molecule has 14 nitrogen and oxygen atoms in total. The van der Waals surface area contributed by atoms with Crippen molar-refractivity contribution < 1.29 is 33.3 Å². The number of aryl methyl sites for hydroxylation is 1. The lowest BCUT2D eigenvalue weighted by molar-refractivity contribution is 0.0661. The Morgan fingerprint density at radius 2 is 1.88 bits per heavy atom. The van der Waals surface area contributed by atoms with Crippen molar-refractivity contribution in [3.05, 3.63) is 106 Å². The van der Waals surface area contributed by atoms with E-state index in [-0.39, 0.29) is 54.3 Å². The van der Waals surface area contributed by atoms with E-state index in [0.717, 1.165) is 5.56 Å². The predicted octanol–water partition coefficient (Wildman–Crippen LogP) is 4.58. The fourth-order valence-corrected chi connectivity index (χ4v) is 4.89. The molecule has 14 heteroatoms. The van der Waals surface area contributed by atoms with Crippen LogP contribution in [-0.2, 0) is 17.9 Å². The number of hydrogen-bond acceptors (Lipinski definition) is 11. The minimum Gasteiger partial charge on any atom is -0.497 e. The molecule has 0 atom stereocenters. The second-order valence-electron chi connectivity index (χ2n) is 10.5. The summed E-state index contributed by atoms with van der Waals surface area (Å²) < 4.78 is 23.8. The first kappa shape index (κ1) is 33.2. The maximum atomic E-state index is 13.6. The summed E-state index contributed by atoms with van der Waals surface area (Å²) in [6.07, 6.45) is 1.49. The summed E-state index contributed by atoms with van der Waals surface area (Å²) in [7, 11) is 3.07. The van der Waals surface area contributed by atoms with Gasteiger partial charge in [-0.3, -0.25) is 14.8 Å². The molecule has 0 fully saturated rings. The van der Waals surface area contributed by atoms with Crippen molar-refractivity contribution in [1.29, 1.82) is 0 Å². The summed E-state index contributed by atoms with van der Waals surface area (Å²) >= 11 is 0. The summed E-state index contributed by atoms with van der Waals surface area (Å²) in [5.74, 6) is -1.49. The van der Waals surface area contributed by atoms with E-state index < -0.39 is 17.6 Å². The molecule has 248 valence electrons. The first-order valence-electron chi connectivity index (χ1n) is 14.9. The zero-order chi connectivity index (χ0) is 34.4. The molecular weight excluding hydrogens is 618 g/mol. The maximum absolute atomic E-state index is 13.6. The predicted molar refractivity (Wildman–Crippen MR) is 177 cm³/mol. The third kappa shape index (κ3) is 6.97. The lowest BCUT2D eigenvalue weighted by atomic mass is 10.1. The molecule has 2 aromatic carbocycles. The molecule has 5 aromatic rings. The summed E-state index contributed by atoms with van der Waals surface area (Å²) in [4.78, 5) is 39.5. The molecule has 0 aliphatic carbocycles. The van der Waals surface area contributed by atoms with E-state index in [9.17, 15) is 14.7 Å². The summed E-state index contributed by atoms with van der Waals surface area (Å²) in [6.45, 7) is 5.77. The summed E-state index contributed by atoms with van der Waals surface area (Å²) in [5.41, 5.74) is 9.19. The number of nitrogens with one attached hydrogen (secondary N) is 1. The van der Waals surface area contributed by atoms with E-state index in [1.807, 2.05) is 30.3 Å². The van der Waals surface area contributed by atoms with Crippen LogP contribution in [0, 0.1) is 6.92 Å². The Kier molecular flexibility index (Phi) is 10.0. The molecule has 3 aromatic heterocycles. The first-order chi connectivity index (χ1) is 23.1. The monoisotopic (exact) mass is 653 g/mol. The Bertz CT molecular complexity index is 2030. The van der Waals surface area contributed by atoms with Crippen LogP contribution in [0.3, 0.4) is 0 Å². The van der Waals surface area contributed by atoms with E-state index in [1.54, 1.807) is 52.1 Å². The Labute approximate surface area is 275 Å². The van der Waals surface area contributed by atoms with Gasteiger partial charge in [0.1, 0.15) is 18.1 Å². The quantitative estimate of drug-likeness (QED) is 0.119. The number of pyridine rings is 1. The molecule has 0 radical (unpaired) electrons. The number of methoxy groups -OCH3 is 2. The number of nitrogens with zero attached hydrogens (tertiary/aromatic N) is 5. The fourth-order valence-electron chi connectivity index (χ4n) is 4.89. The van der Waals surface area contributed by atoms with Crippen LogP contribution in [0.15, 0.2) is 81.7 Å². The second-order valence-corrected chi connectivity index (χ2v) is 10.5. The zero-order valence-corrected chi connectivity index (χ0v) is 27.1. The van der Waals surface area contributed by atoms with Crippen LogP contribution in [0.4, 0.5) is 0 Å². The van der Waals surface area contributed by atoms with Crippen molar-refractivity contribution in [2.45, 2.75) is 33.9 Å². The van der Waals surface area contributed by atoms with Gasteiger partial charge in [-0.2, -0.15) is 10.1 Å². The number of nitrogens with two attached hydrogens (primary N) is 1. The third-order valence-electron chi connectivity index (χ3n) is 7.17. The summed E-state index contributed by atoms with van der Waals surface area (Å²) in [6, 6.07) is 16.4. The van der Waals surface area contributed by atoms with Crippen molar-refractivity contribution >= 4 is 28.5 Å². The van der Waals surface area contributed by atoms with Gasteiger partial charge in [0.25, 0.3) is 17.6 Å². The van der Waals surface area contributed by atoms with Gasteiger partial charge in [0.15, 0.2) is 17.2 Å². The SMILES string of the molecule is CCN=C(/C(OCc1ccccc1)=C(/C)N)c1nc(-n2nc(C(=O)NCc3ccc(OC)cc3OC)c3cc(C)ncc32)c(C(=O)O)o1. The molecular formula is C34H35N7O7. The molecule has 0 bridgehead atoms. The van der Waals surface area contributed by atoms with E-state index in [0.29, 0.717) is 33.7 Å². The minimum absolute atomic E-state index is 0.0240. The highest BCUT2D eigenvalue weighted by Gasteiger charge is 2.30. The van der Waals surface area contributed by atoms with Gasteiger partial charge in [-0.25, -0.2) is 9.48 Å². The molecule has 4 N–H and O–H groups in total. The number of carbonyl (C=O) groups excluding carboxylic acids is 1. The van der Waals surface area contributed by atoms with Crippen molar-refractivity contribution in [2.24, 2.45) is 10.7 Å². The minimum atomic E-state index is -1.42. The van der Waals surface area contributed by atoms with Gasteiger partial charge in [-0.15, -0.1) is 0 Å². The molecule has 0 saturated carbocycles. The van der Waals surface area contributed by atoms with E-state index >= 15 is 0 Å². The highest BCUT2D eigenvalue weighted by molar-refractivity contribution is 6.09. The average Bonchev–Trinajstić information content (AvgIpc) is 3.69. The molecule has 3 heterocycles. The highest BCUT2D eigenvalue weighted by Crippen LogP contribution is 2.28. The third-order valence-corrected chi connectivity index (χ3v) is 7.17. The maximum Gasteiger partial charge on any atom is 0.375 e. The molecule has 0 aliphatic heterocycles. The molecule has 5 rings (SSSR count). The number of ether oxygens (including phenoxy) is 3. The van der Waals surface area contributed by atoms with Crippen molar-refractivity contribution in [2.75, 3.05) is 20.8 Å². The number of aliphatic imine (C=N–C) groups is 1. The zero-order valence-electron chi connectivity index (χ0n) is 27.1. The van der Waals surface area contributed by atoms with Gasteiger partial charge < -0.3 is 34.8 Å². The smallest absolute Gasteiger partial charge is 0.375 e. The van der Waals surface area contributed by atoms with Crippen LogP contribution >= 0.6 is 0 Å². The number of carboxylic acid groups (broad SMARTS) is 1. The first-order valence-corrected chi connectivity index (χ1v) is 14.9. The van der Waals surface area contributed by atoms with E-state index in [4.69, 9.17) is 24.4 Å². The highest BCUT2D eigenvalue weighted by atomic mass is 16.5. The number of hydrogen-bond donors (Lipinski definition) is 3. The van der Waals surface area contributed by atoms with Crippen LogP contribution in [-0.4, -0.2) is 63.2 Å². The number of carbonyl (C=O) groups is 2. The van der Waals surface area contributed by atoms with Crippen molar-refractivity contribution in [3.8, 4) is 17.3 Å². The second kappa shape index (κ2) is 14.5. The van der Waals surface area contributed by atoms with Crippen LogP contribution in [0.25, 0.3) is 16.7 Å². The number of benzene rings is 2. The number of aromatic carboxylic acids is 1. The molecule has 0 unspecified atom stereocenters. The van der Waals surface area contributed by atoms with Crippen LogP contribution in [0.2, 0.25) is 0 Å². The molecule has 1 amide bonds. The Morgan fingerprint density at radius 1 is 1.10 bits per heavy atom. The number of oxazole rings is 1.